The van der Waals surface area contributed by atoms with Crippen LogP contribution in [0.1, 0.15) is 45.4 Å². The summed E-state index contributed by atoms with van der Waals surface area (Å²) in [6.07, 6.45) is 5.49. The molecule has 2 atom stereocenters. The molecule has 9 heteroatoms. The molecule has 3 aliphatic heterocycles. The van der Waals surface area contributed by atoms with E-state index in [9.17, 15) is 18.0 Å². The van der Waals surface area contributed by atoms with Gasteiger partial charge < -0.3 is 9.80 Å². The van der Waals surface area contributed by atoms with Crippen molar-refractivity contribution in [2.45, 2.75) is 62.4 Å². The van der Waals surface area contributed by atoms with Gasteiger partial charge in [-0.25, -0.2) is 8.42 Å². The molecule has 33 heavy (non-hydrogen) atoms. The lowest BCUT2D eigenvalue weighted by Crippen LogP contribution is -2.58. The molecule has 3 fully saturated rings. The number of hydrogen-bond donors (Lipinski definition) is 0. The molecule has 3 saturated heterocycles. The molecule has 8 nitrogen and oxygen atoms in total. The highest BCUT2D eigenvalue weighted by Crippen LogP contribution is 2.27. The second kappa shape index (κ2) is 10.5. The molecule has 2 unspecified atom stereocenters. The van der Waals surface area contributed by atoms with Crippen LogP contribution in [0.25, 0.3) is 0 Å². The number of rotatable bonds is 5. The van der Waals surface area contributed by atoms with Crippen LogP contribution in [0.15, 0.2) is 35.2 Å². The van der Waals surface area contributed by atoms with Crippen LogP contribution in [-0.4, -0.2) is 97.1 Å². The molecule has 0 saturated carbocycles. The third kappa shape index (κ3) is 5.41. The summed E-state index contributed by atoms with van der Waals surface area (Å²) in [7, 11) is -3.71. The van der Waals surface area contributed by atoms with E-state index in [0.29, 0.717) is 51.7 Å². The molecule has 3 aliphatic rings. The fourth-order valence-corrected chi connectivity index (χ4v) is 6.93. The minimum atomic E-state index is -3.71. The molecule has 4 rings (SSSR count). The van der Waals surface area contributed by atoms with Crippen molar-refractivity contribution in [1.82, 2.24) is 19.0 Å². The summed E-state index contributed by atoms with van der Waals surface area (Å²) in [6, 6.07) is 8.03. The van der Waals surface area contributed by atoms with E-state index in [0.717, 1.165) is 32.2 Å². The largest absolute Gasteiger partial charge is 0.339 e. The van der Waals surface area contributed by atoms with Crippen LogP contribution in [0.4, 0.5) is 0 Å². The number of sulfonamides is 1. The van der Waals surface area contributed by atoms with Crippen LogP contribution >= 0.6 is 0 Å². The first-order valence-corrected chi connectivity index (χ1v) is 13.7. The van der Waals surface area contributed by atoms with E-state index in [2.05, 4.69) is 11.8 Å². The normalized spacial score (nSPS) is 25.7. The predicted octanol–water partition coefficient (Wildman–Crippen LogP) is 1.78. The summed E-state index contributed by atoms with van der Waals surface area (Å²) < 4.78 is 27.9. The number of hydrogen-bond acceptors (Lipinski definition) is 5. The standard InChI is InChI=1S/C24H36N4O4S/c1-20-9-5-7-13-27(20)23(29)19-25-15-17-26(18-16-25)24(30)22-12-6-8-14-28(22)33(31,32)21-10-3-2-4-11-21/h2-4,10-11,20,22H,5-9,12-19H2,1H3. The minimum Gasteiger partial charge on any atom is -0.339 e. The highest BCUT2D eigenvalue weighted by molar-refractivity contribution is 7.89. The summed E-state index contributed by atoms with van der Waals surface area (Å²) in [5, 5.41) is 0. The molecule has 2 amide bonds. The Labute approximate surface area is 197 Å². The van der Waals surface area contributed by atoms with Crippen LogP contribution in [0.2, 0.25) is 0 Å². The second-order valence-electron chi connectivity index (χ2n) is 9.47. The maximum absolute atomic E-state index is 13.4. The van der Waals surface area contributed by atoms with Gasteiger partial charge in [0.05, 0.1) is 11.4 Å². The average Bonchev–Trinajstić information content (AvgIpc) is 2.85. The number of carbonyl (C=O) groups is 2. The smallest absolute Gasteiger partial charge is 0.243 e. The quantitative estimate of drug-likeness (QED) is 0.647. The molecule has 0 N–H and O–H groups in total. The number of carbonyl (C=O) groups excluding carboxylic acids is 2. The minimum absolute atomic E-state index is 0.107. The van der Waals surface area contributed by atoms with Crippen molar-refractivity contribution < 1.29 is 18.0 Å². The molecule has 0 radical (unpaired) electrons. The number of piperazine rings is 1. The van der Waals surface area contributed by atoms with Gasteiger partial charge >= 0.3 is 0 Å². The van der Waals surface area contributed by atoms with Crippen molar-refractivity contribution >= 4 is 21.8 Å². The zero-order valence-corrected chi connectivity index (χ0v) is 20.4. The van der Waals surface area contributed by atoms with E-state index >= 15 is 0 Å². The Morgan fingerprint density at radius 1 is 0.879 bits per heavy atom. The summed E-state index contributed by atoms with van der Waals surface area (Å²) in [6.45, 7) is 6.05. The Balaban J connectivity index is 1.36. The average molecular weight is 477 g/mol. The van der Waals surface area contributed by atoms with Gasteiger partial charge in [-0.3, -0.25) is 14.5 Å². The zero-order chi connectivity index (χ0) is 23.4. The first-order chi connectivity index (χ1) is 15.9. The molecule has 1 aromatic rings. The van der Waals surface area contributed by atoms with Gasteiger partial charge in [0, 0.05) is 45.3 Å². The Kier molecular flexibility index (Phi) is 7.71. The zero-order valence-electron chi connectivity index (χ0n) is 19.6. The van der Waals surface area contributed by atoms with Gasteiger partial charge in [0.1, 0.15) is 6.04 Å². The van der Waals surface area contributed by atoms with Crippen molar-refractivity contribution in [1.29, 1.82) is 0 Å². The van der Waals surface area contributed by atoms with Gasteiger partial charge in [-0.1, -0.05) is 24.6 Å². The van der Waals surface area contributed by atoms with Crippen molar-refractivity contribution in [3.63, 3.8) is 0 Å². The molecular formula is C24H36N4O4S. The molecule has 3 heterocycles. The number of likely N-dealkylation sites (tertiary alicyclic amines) is 1. The topological polar surface area (TPSA) is 81.2 Å². The highest BCUT2D eigenvalue weighted by Gasteiger charge is 2.40. The first-order valence-electron chi connectivity index (χ1n) is 12.3. The van der Waals surface area contributed by atoms with Crippen LogP contribution < -0.4 is 0 Å². The lowest BCUT2D eigenvalue weighted by Gasteiger charge is -2.41. The molecule has 0 aromatic heterocycles. The first kappa shape index (κ1) is 24.2. The maximum Gasteiger partial charge on any atom is 0.243 e. The SMILES string of the molecule is CC1CCCCN1C(=O)CN1CCN(C(=O)C2CCCCN2S(=O)(=O)c2ccccc2)CC1. The van der Waals surface area contributed by atoms with Gasteiger partial charge in [-0.2, -0.15) is 4.31 Å². The monoisotopic (exact) mass is 476 g/mol. The molecular weight excluding hydrogens is 440 g/mol. The van der Waals surface area contributed by atoms with Gasteiger partial charge in [-0.05, 0) is 51.2 Å². The second-order valence-corrected chi connectivity index (χ2v) is 11.4. The highest BCUT2D eigenvalue weighted by atomic mass is 32.2. The maximum atomic E-state index is 13.4. The molecule has 1 aromatic carbocycles. The van der Waals surface area contributed by atoms with Crippen LogP contribution in [0.3, 0.4) is 0 Å². The van der Waals surface area contributed by atoms with E-state index in [1.54, 1.807) is 35.2 Å². The van der Waals surface area contributed by atoms with E-state index in [1.165, 1.54) is 10.7 Å². The number of nitrogens with zero attached hydrogens (tertiary/aromatic N) is 4. The summed E-state index contributed by atoms with van der Waals surface area (Å²) in [5.41, 5.74) is 0. The number of benzene rings is 1. The third-order valence-electron chi connectivity index (χ3n) is 7.25. The van der Waals surface area contributed by atoms with Crippen molar-refractivity contribution in [3.05, 3.63) is 30.3 Å². The third-order valence-corrected chi connectivity index (χ3v) is 9.18. The predicted molar refractivity (Wildman–Crippen MR) is 126 cm³/mol. The Hall–Kier alpha value is -1.97. The summed E-state index contributed by atoms with van der Waals surface area (Å²) in [5.74, 6) is 0.0687. The van der Waals surface area contributed by atoms with Crippen molar-refractivity contribution in [3.8, 4) is 0 Å². The van der Waals surface area contributed by atoms with Crippen LogP contribution in [-0.2, 0) is 19.6 Å². The van der Waals surface area contributed by atoms with Gasteiger partial charge in [0.15, 0.2) is 0 Å². The summed E-state index contributed by atoms with van der Waals surface area (Å²) >= 11 is 0. The van der Waals surface area contributed by atoms with E-state index in [1.807, 2.05) is 4.90 Å². The van der Waals surface area contributed by atoms with Gasteiger partial charge in [0.25, 0.3) is 0 Å². The van der Waals surface area contributed by atoms with Crippen molar-refractivity contribution in [2.24, 2.45) is 0 Å². The van der Waals surface area contributed by atoms with Gasteiger partial charge in [-0.15, -0.1) is 0 Å². The molecule has 0 spiro atoms. The summed E-state index contributed by atoms with van der Waals surface area (Å²) in [4.78, 5) is 32.3. The van der Waals surface area contributed by atoms with E-state index in [-0.39, 0.29) is 16.7 Å². The Morgan fingerprint density at radius 2 is 1.55 bits per heavy atom. The lowest BCUT2D eigenvalue weighted by molar-refractivity contribution is -0.139. The van der Waals surface area contributed by atoms with Crippen LogP contribution in [0, 0.1) is 0 Å². The molecule has 0 bridgehead atoms. The lowest BCUT2D eigenvalue weighted by atomic mass is 10.0. The Morgan fingerprint density at radius 3 is 2.24 bits per heavy atom. The van der Waals surface area contributed by atoms with E-state index < -0.39 is 16.1 Å². The van der Waals surface area contributed by atoms with Crippen molar-refractivity contribution in [2.75, 3.05) is 45.8 Å². The van der Waals surface area contributed by atoms with Gasteiger partial charge in [0.2, 0.25) is 21.8 Å². The molecule has 182 valence electrons. The van der Waals surface area contributed by atoms with Crippen LogP contribution in [0.5, 0.6) is 0 Å². The Bertz CT molecular complexity index is 931. The number of piperidine rings is 2. The van der Waals surface area contributed by atoms with E-state index in [4.69, 9.17) is 0 Å². The fraction of sp³-hybridized carbons (Fsp3) is 0.667. The molecule has 0 aliphatic carbocycles. The fourth-order valence-electron chi connectivity index (χ4n) is 5.26. The number of amides is 2.